The normalized spacial score (nSPS) is 14.0. The number of ether oxygens (including phenoxy) is 1. The van der Waals surface area contributed by atoms with Gasteiger partial charge in [0, 0.05) is 32.6 Å². The van der Waals surface area contributed by atoms with Crippen molar-refractivity contribution in [1.82, 2.24) is 24.2 Å². The van der Waals surface area contributed by atoms with E-state index in [1.165, 1.54) is 11.8 Å². The van der Waals surface area contributed by atoms with Crippen LogP contribution >= 0.6 is 0 Å². The first-order chi connectivity index (χ1) is 10.2. The monoisotopic (exact) mass is 289 g/mol. The summed E-state index contributed by atoms with van der Waals surface area (Å²) in [5.41, 5.74) is 0.460. The van der Waals surface area contributed by atoms with Gasteiger partial charge < -0.3 is 9.64 Å². The Hall–Kier alpha value is -2.48. The molecular weight excluding hydrogens is 274 g/mol. The minimum Gasteiger partial charge on any atom is -0.375 e. The van der Waals surface area contributed by atoms with Crippen LogP contribution in [0.3, 0.4) is 0 Å². The summed E-state index contributed by atoms with van der Waals surface area (Å²) in [7, 11) is 1.48. The van der Waals surface area contributed by atoms with Crippen LogP contribution in [0.2, 0.25) is 0 Å². The second-order valence-corrected chi connectivity index (χ2v) is 4.72. The van der Waals surface area contributed by atoms with Crippen LogP contribution in [-0.4, -0.2) is 50.4 Å². The minimum absolute atomic E-state index is 0.0370. The average Bonchev–Trinajstić information content (AvgIpc) is 2.85. The van der Waals surface area contributed by atoms with Crippen LogP contribution in [0.5, 0.6) is 0 Å². The Morgan fingerprint density at radius 2 is 2.10 bits per heavy atom. The third-order valence-electron chi connectivity index (χ3n) is 3.39. The summed E-state index contributed by atoms with van der Waals surface area (Å²) in [6, 6.07) is 3.43. The fourth-order valence-electron chi connectivity index (χ4n) is 2.33. The molecule has 8 nitrogen and oxygen atoms in total. The van der Waals surface area contributed by atoms with Gasteiger partial charge in [0.1, 0.15) is 6.61 Å². The number of rotatable bonds is 3. The molecular formula is C13H15N5O3. The summed E-state index contributed by atoms with van der Waals surface area (Å²) in [6.45, 7) is 1.27. The molecule has 1 aliphatic rings. The molecule has 0 N–H and O–H groups in total. The van der Waals surface area contributed by atoms with E-state index < -0.39 is 0 Å². The zero-order chi connectivity index (χ0) is 14.8. The maximum Gasteiger partial charge on any atom is 0.350 e. The molecule has 21 heavy (non-hydrogen) atoms. The number of carbonyl (C=O) groups excluding carboxylic acids is 1. The number of hydrogen-bond acceptors (Lipinski definition) is 5. The van der Waals surface area contributed by atoms with E-state index in [0.29, 0.717) is 31.1 Å². The van der Waals surface area contributed by atoms with Gasteiger partial charge >= 0.3 is 5.69 Å². The molecule has 0 aliphatic carbocycles. The molecule has 2 aromatic heterocycles. The minimum atomic E-state index is -0.199. The van der Waals surface area contributed by atoms with Gasteiger partial charge in [0.05, 0.1) is 12.2 Å². The number of nitrogens with zero attached hydrogens (tertiary/aromatic N) is 5. The van der Waals surface area contributed by atoms with Gasteiger partial charge in [-0.15, -0.1) is 5.10 Å². The molecule has 0 atom stereocenters. The summed E-state index contributed by atoms with van der Waals surface area (Å²) in [6.07, 6.45) is 3.21. The molecule has 0 fully saturated rings. The molecule has 1 aliphatic heterocycles. The van der Waals surface area contributed by atoms with Gasteiger partial charge in [0.25, 0.3) is 0 Å². The molecule has 0 unspecified atom stereocenters. The largest absolute Gasteiger partial charge is 0.375 e. The number of fused-ring (bicyclic) bond motifs is 1. The fourth-order valence-corrected chi connectivity index (χ4v) is 2.33. The highest BCUT2D eigenvalue weighted by Crippen LogP contribution is 2.10. The van der Waals surface area contributed by atoms with E-state index >= 15 is 0 Å². The number of carbonyl (C=O) groups is 1. The lowest BCUT2D eigenvalue weighted by molar-refractivity contribution is -0.136. The maximum atomic E-state index is 12.3. The topological polar surface area (TPSA) is 82.2 Å². The third-order valence-corrected chi connectivity index (χ3v) is 3.39. The van der Waals surface area contributed by atoms with Crippen molar-refractivity contribution in [2.45, 2.75) is 13.1 Å². The fraction of sp³-hybridized carbons (Fsp3) is 0.385. The van der Waals surface area contributed by atoms with Crippen LogP contribution in [0.1, 0.15) is 5.82 Å². The SMILES string of the molecule is COCC(=O)N1CCn2c(nn(-c3ccncc3)c2=O)C1. The first kappa shape index (κ1) is 13.5. The van der Waals surface area contributed by atoms with Crippen LogP contribution in [0.15, 0.2) is 29.3 Å². The maximum absolute atomic E-state index is 12.3. The summed E-state index contributed by atoms with van der Waals surface area (Å²) in [5.74, 6) is 0.474. The molecule has 110 valence electrons. The number of amides is 1. The van der Waals surface area contributed by atoms with Crippen molar-refractivity contribution in [3.05, 3.63) is 40.8 Å². The number of hydrogen-bond donors (Lipinski definition) is 0. The van der Waals surface area contributed by atoms with Gasteiger partial charge in [-0.2, -0.15) is 4.68 Å². The van der Waals surface area contributed by atoms with E-state index in [4.69, 9.17) is 4.74 Å². The lowest BCUT2D eigenvalue weighted by Crippen LogP contribution is -2.42. The second kappa shape index (κ2) is 5.49. The lowest BCUT2D eigenvalue weighted by Gasteiger charge is -2.26. The zero-order valence-corrected chi connectivity index (χ0v) is 11.6. The standard InChI is InChI=1S/C13H15N5O3/c1-21-9-12(19)16-6-7-17-11(8-16)15-18(13(17)20)10-2-4-14-5-3-10/h2-5H,6-9H2,1H3. The van der Waals surface area contributed by atoms with Gasteiger partial charge in [-0.05, 0) is 12.1 Å². The number of pyridine rings is 1. The van der Waals surface area contributed by atoms with Gasteiger partial charge in [-0.3, -0.25) is 14.3 Å². The van der Waals surface area contributed by atoms with Crippen LogP contribution in [0.4, 0.5) is 0 Å². The van der Waals surface area contributed by atoms with E-state index in [2.05, 4.69) is 10.1 Å². The Morgan fingerprint density at radius 3 is 2.81 bits per heavy atom. The van der Waals surface area contributed by atoms with Gasteiger partial charge in [0.15, 0.2) is 5.82 Å². The Morgan fingerprint density at radius 1 is 1.33 bits per heavy atom. The first-order valence-corrected chi connectivity index (χ1v) is 6.56. The molecule has 1 amide bonds. The van der Waals surface area contributed by atoms with Crippen LogP contribution in [-0.2, 0) is 22.6 Å². The van der Waals surface area contributed by atoms with Gasteiger partial charge in [-0.25, -0.2) is 4.79 Å². The Kier molecular flexibility index (Phi) is 3.53. The highest BCUT2D eigenvalue weighted by molar-refractivity contribution is 5.77. The van der Waals surface area contributed by atoms with Crippen LogP contribution in [0, 0.1) is 0 Å². The molecule has 3 rings (SSSR count). The Balaban J connectivity index is 1.91. The smallest absolute Gasteiger partial charge is 0.350 e. The first-order valence-electron chi connectivity index (χ1n) is 6.56. The zero-order valence-electron chi connectivity index (χ0n) is 11.6. The molecule has 0 aromatic carbocycles. The lowest BCUT2D eigenvalue weighted by atomic mass is 10.3. The Labute approximate surface area is 120 Å². The third kappa shape index (κ3) is 2.45. The van der Waals surface area contributed by atoms with E-state index in [1.807, 2.05) is 0 Å². The summed E-state index contributed by atoms with van der Waals surface area (Å²) < 4.78 is 7.78. The van der Waals surface area contributed by atoms with Gasteiger partial charge in [0.2, 0.25) is 5.91 Å². The average molecular weight is 289 g/mol. The molecule has 0 saturated carbocycles. The highest BCUT2D eigenvalue weighted by atomic mass is 16.5. The van der Waals surface area contributed by atoms with Crippen molar-refractivity contribution in [3.63, 3.8) is 0 Å². The molecule has 0 spiro atoms. The number of aromatic nitrogens is 4. The van der Waals surface area contributed by atoms with Crippen molar-refractivity contribution in [1.29, 1.82) is 0 Å². The van der Waals surface area contributed by atoms with Crippen molar-refractivity contribution < 1.29 is 9.53 Å². The van der Waals surface area contributed by atoms with E-state index in [9.17, 15) is 9.59 Å². The summed E-state index contributed by atoms with van der Waals surface area (Å²) >= 11 is 0. The molecule has 0 bridgehead atoms. The molecule has 2 aromatic rings. The molecule has 0 radical (unpaired) electrons. The molecule has 3 heterocycles. The predicted octanol–water partition coefficient (Wildman–Crippen LogP) is -0.582. The summed E-state index contributed by atoms with van der Waals surface area (Å²) in [4.78, 5) is 29.7. The quantitative estimate of drug-likeness (QED) is 0.755. The van der Waals surface area contributed by atoms with Crippen molar-refractivity contribution in [2.24, 2.45) is 0 Å². The van der Waals surface area contributed by atoms with Crippen molar-refractivity contribution in [2.75, 3.05) is 20.3 Å². The van der Waals surface area contributed by atoms with Crippen LogP contribution < -0.4 is 5.69 Å². The van der Waals surface area contributed by atoms with Crippen molar-refractivity contribution >= 4 is 5.91 Å². The van der Waals surface area contributed by atoms with E-state index in [0.717, 1.165) is 0 Å². The second-order valence-electron chi connectivity index (χ2n) is 4.72. The molecule has 0 saturated heterocycles. The highest BCUT2D eigenvalue weighted by Gasteiger charge is 2.25. The van der Waals surface area contributed by atoms with Gasteiger partial charge in [-0.1, -0.05) is 0 Å². The summed E-state index contributed by atoms with van der Waals surface area (Å²) in [5, 5.41) is 4.32. The molecule has 8 heteroatoms. The van der Waals surface area contributed by atoms with E-state index in [-0.39, 0.29) is 18.2 Å². The van der Waals surface area contributed by atoms with E-state index in [1.54, 1.807) is 34.0 Å². The predicted molar refractivity (Wildman–Crippen MR) is 72.9 cm³/mol. The number of methoxy groups -OCH3 is 1. The Bertz CT molecular complexity index is 706. The van der Waals surface area contributed by atoms with Crippen molar-refractivity contribution in [3.8, 4) is 5.69 Å². The van der Waals surface area contributed by atoms with Crippen LogP contribution in [0.25, 0.3) is 5.69 Å².